The number of nitrogens with zero attached hydrogens (tertiary/aromatic N) is 3. The highest BCUT2D eigenvalue weighted by Gasteiger charge is 2.15. The molecule has 0 spiro atoms. The maximum Gasteiger partial charge on any atom is 0.224 e. The molecular weight excluding hydrogens is 508 g/mol. The third kappa shape index (κ3) is 6.44. The minimum Gasteiger partial charge on any atom is -0.488 e. The minimum absolute atomic E-state index is 0.110. The SMILES string of the molecule is Cc1cc(OCCN(C)C)c2oc3cc(Oc4ccc(CCC(=O)Nc5cccnc5)nc4)ccc3c(=O)c2c1. The van der Waals surface area contributed by atoms with Crippen molar-refractivity contribution in [1.29, 1.82) is 0 Å². The van der Waals surface area contributed by atoms with Crippen LogP contribution in [-0.2, 0) is 11.2 Å². The Morgan fingerprint density at radius 2 is 1.88 bits per heavy atom. The number of carbonyl (C=O) groups is 1. The highest BCUT2D eigenvalue weighted by atomic mass is 16.5. The monoisotopic (exact) mass is 538 g/mol. The molecule has 0 bridgehead atoms. The van der Waals surface area contributed by atoms with Gasteiger partial charge in [-0.05, 0) is 81.5 Å². The van der Waals surface area contributed by atoms with Gasteiger partial charge in [-0.1, -0.05) is 0 Å². The first kappa shape index (κ1) is 26.8. The molecule has 0 atom stereocenters. The number of ether oxygens (including phenoxy) is 2. The van der Waals surface area contributed by atoms with Crippen LogP contribution in [0.4, 0.5) is 5.69 Å². The zero-order chi connectivity index (χ0) is 28.1. The molecule has 0 radical (unpaired) electrons. The van der Waals surface area contributed by atoms with Gasteiger partial charge in [0, 0.05) is 30.9 Å². The van der Waals surface area contributed by atoms with Crippen LogP contribution in [-0.4, -0.2) is 48.0 Å². The summed E-state index contributed by atoms with van der Waals surface area (Å²) in [5.74, 6) is 1.45. The number of benzene rings is 2. The van der Waals surface area contributed by atoms with Gasteiger partial charge in [0.15, 0.2) is 11.3 Å². The molecule has 0 aliphatic rings. The van der Waals surface area contributed by atoms with E-state index in [1.807, 2.05) is 44.1 Å². The number of carbonyl (C=O) groups excluding carboxylic acids is 1. The van der Waals surface area contributed by atoms with E-state index in [4.69, 9.17) is 13.9 Å². The second kappa shape index (κ2) is 12.0. The Morgan fingerprint density at radius 1 is 1.02 bits per heavy atom. The van der Waals surface area contributed by atoms with E-state index in [1.165, 1.54) is 0 Å². The van der Waals surface area contributed by atoms with Crippen LogP contribution in [0.2, 0.25) is 0 Å². The highest BCUT2D eigenvalue weighted by molar-refractivity contribution is 5.93. The number of pyridine rings is 2. The molecule has 0 unspecified atom stereocenters. The first-order valence-electron chi connectivity index (χ1n) is 13.0. The fraction of sp³-hybridized carbons (Fsp3) is 0.226. The Balaban J connectivity index is 1.30. The van der Waals surface area contributed by atoms with Crippen molar-refractivity contribution in [2.24, 2.45) is 0 Å². The molecule has 0 saturated carbocycles. The molecule has 3 aromatic heterocycles. The molecule has 9 nitrogen and oxygen atoms in total. The van der Waals surface area contributed by atoms with E-state index < -0.39 is 0 Å². The first-order valence-corrected chi connectivity index (χ1v) is 13.0. The molecule has 5 rings (SSSR count). The predicted octanol–water partition coefficient (Wildman–Crippen LogP) is 5.35. The average molecular weight is 539 g/mol. The number of hydrogen-bond donors (Lipinski definition) is 1. The van der Waals surface area contributed by atoms with E-state index in [2.05, 4.69) is 15.3 Å². The summed E-state index contributed by atoms with van der Waals surface area (Å²) in [5, 5.41) is 3.75. The maximum atomic E-state index is 13.3. The molecule has 1 N–H and O–H groups in total. The van der Waals surface area contributed by atoms with Crippen LogP contribution in [0.1, 0.15) is 17.7 Å². The summed E-state index contributed by atoms with van der Waals surface area (Å²) in [6.45, 7) is 3.13. The lowest BCUT2D eigenvalue weighted by atomic mass is 10.1. The number of rotatable bonds is 10. The van der Waals surface area contributed by atoms with E-state index in [-0.39, 0.29) is 11.3 Å². The quantitative estimate of drug-likeness (QED) is 0.237. The molecule has 40 heavy (non-hydrogen) atoms. The van der Waals surface area contributed by atoms with E-state index in [1.54, 1.807) is 55.0 Å². The lowest BCUT2D eigenvalue weighted by Crippen LogP contribution is -2.19. The van der Waals surface area contributed by atoms with Crippen molar-refractivity contribution in [2.45, 2.75) is 19.8 Å². The topological polar surface area (TPSA) is 107 Å². The number of likely N-dealkylation sites (N-methyl/N-ethyl adjacent to an activating group) is 1. The molecule has 0 fully saturated rings. The molecule has 0 aliphatic carbocycles. The van der Waals surface area contributed by atoms with Gasteiger partial charge in [0.2, 0.25) is 11.3 Å². The van der Waals surface area contributed by atoms with Gasteiger partial charge in [0.1, 0.15) is 23.7 Å². The smallest absolute Gasteiger partial charge is 0.224 e. The highest BCUT2D eigenvalue weighted by Crippen LogP contribution is 2.31. The van der Waals surface area contributed by atoms with Gasteiger partial charge < -0.3 is 24.1 Å². The number of aromatic nitrogens is 2. The number of hydrogen-bond acceptors (Lipinski definition) is 8. The first-order chi connectivity index (χ1) is 19.4. The lowest BCUT2D eigenvalue weighted by molar-refractivity contribution is -0.116. The van der Waals surface area contributed by atoms with E-state index in [9.17, 15) is 9.59 Å². The molecule has 3 heterocycles. The molecule has 204 valence electrons. The third-order valence-corrected chi connectivity index (χ3v) is 6.24. The fourth-order valence-electron chi connectivity index (χ4n) is 4.21. The maximum absolute atomic E-state index is 13.3. The number of fused-ring (bicyclic) bond motifs is 2. The summed E-state index contributed by atoms with van der Waals surface area (Å²) >= 11 is 0. The Kier molecular flexibility index (Phi) is 8.02. The van der Waals surface area contributed by atoms with Crippen molar-refractivity contribution in [3.8, 4) is 17.2 Å². The van der Waals surface area contributed by atoms with Crippen LogP contribution in [0.25, 0.3) is 21.9 Å². The molecule has 2 aromatic carbocycles. The van der Waals surface area contributed by atoms with Crippen LogP contribution in [0.3, 0.4) is 0 Å². The normalized spacial score (nSPS) is 11.2. The largest absolute Gasteiger partial charge is 0.488 e. The van der Waals surface area contributed by atoms with Crippen molar-refractivity contribution in [2.75, 3.05) is 32.6 Å². The van der Waals surface area contributed by atoms with Crippen molar-refractivity contribution in [3.05, 3.63) is 94.7 Å². The Bertz CT molecular complexity index is 1700. The van der Waals surface area contributed by atoms with Gasteiger partial charge in [0.05, 0.1) is 28.9 Å². The zero-order valence-electron chi connectivity index (χ0n) is 22.6. The summed E-state index contributed by atoms with van der Waals surface area (Å²) < 4.78 is 18.2. The van der Waals surface area contributed by atoms with E-state index in [0.717, 1.165) is 17.8 Å². The average Bonchev–Trinajstić information content (AvgIpc) is 2.94. The molecule has 0 aliphatic heterocycles. The third-order valence-electron chi connectivity index (χ3n) is 6.24. The van der Waals surface area contributed by atoms with Crippen molar-refractivity contribution in [3.63, 3.8) is 0 Å². The fourth-order valence-corrected chi connectivity index (χ4v) is 4.21. The van der Waals surface area contributed by atoms with Gasteiger partial charge in [0.25, 0.3) is 0 Å². The van der Waals surface area contributed by atoms with Crippen LogP contribution in [0.15, 0.2) is 82.4 Å². The molecule has 9 heteroatoms. The Hall–Kier alpha value is -4.76. The van der Waals surface area contributed by atoms with Crippen LogP contribution >= 0.6 is 0 Å². The summed E-state index contributed by atoms with van der Waals surface area (Å²) in [5.41, 5.74) is 3.04. The van der Waals surface area contributed by atoms with E-state index >= 15 is 0 Å². The molecule has 1 amide bonds. The number of amides is 1. The number of anilines is 1. The lowest BCUT2D eigenvalue weighted by Gasteiger charge is -2.13. The summed E-state index contributed by atoms with van der Waals surface area (Å²) in [4.78, 5) is 35.9. The van der Waals surface area contributed by atoms with Crippen LogP contribution in [0.5, 0.6) is 17.2 Å². The van der Waals surface area contributed by atoms with E-state index in [0.29, 0.717) is 64.3 Å². The van der Waals surface area contributed by atoms with Gasteiger partial charge in [-0.15, -0.1) is 0 Å². The summed E-state index contributed by atoms with van der Waals surface area (Å²) in [6, 6.07) is 16.0. The minimum atomic E-state index is -0.123. The second-order valence-electron chi connectivity index (χ2n) is 9.76. The van der Waals surface area contributed by atoms with Crippen molar-refractivity contribution in [1.82, 2.24) is 14.9 Å². The summed E-state index contributed by atoms with van der Waals surface area (Å²) in [6.07, 6.45) is 5.63. The Morgan fingerprint density at radius 3 is 2.62 bits per heavy atom. The van der Waals surface area contributed by atoms with Gasteiger partial charge in [-0.25, -0.2) is 0 Å². The standard InChI is InChI=1S/C31H30N4O5/c1-20-15-26-30(37)25-10-9-23(17-27(25)40-31(26)28(16-20)38-14-13-35(2)3)39-24-8-6-21(33-19-24)7-11-29(36)34-22-5-4-12-32-18-22/h4-6,8-10,12,15-19H,7,11,13-14H2,1-3H3,(H,34,36). The molecule has 0 saturated heterocycles. The predicted molar refractivity (Wildman–Crippen MR) is 154 cm³/mol. The van der Waals surface area contributed by atoms with Crippen LogP contribution in [0, 0.1) is 6.92 Å². The van der Waals surface area contributed by atoms with Crippen LogP contribution < -0.4 is 20.2 Å². The van der Waals surface area contributed by atoms with Gasteiger partial charge in [-0.3, -0.25) is 19.6 Å². The zero-order valence-corrected chi connectivity index (χ0v) is 22.6. The van der Waals surface area contributed by atoms with Gasteiger partial charge in [-0.2, -0.15) is 0 Å². The van der Waals surface area contributed by atoms with Crippen molar-refractivity contribution < 1.29 is 18.7 Å². The molecular formula is C31H30N4O5. The van der Waals surface area contributed by atoms with Gasteiger partial charge >= 0.3 is 0 Å². The Labute approximate surface area is 231 Å². The number of aryl methyl sites for hydroxylation is 2. The summed E-state index contributed by atoms with van der Waals surface area (Å²) in [7, 11) is 3.94. The molecule has 5 aromatic rings. The number of nitrogens with one attached hydrogen (secondary N) is 1. The second-order valence-corrected chi connectivity index (χ2v) is 9.76. The van der Waals surface area contributed by atoms with Crippen molar-refractivity contribution >= 4 is 33.5 Å².